The number of rotatable bonds is 2. The van der Waals surface area contributed by atoms with E-state index in [2.05, 4.69) is 10.2 Å². The first-order valence-corrected chi connectivity index (χ1v) is 4.28. The van der Waals surface area contributed by atoms with E-state index >= 15 is 0 Å². The van der Waals surface area contributed by atoms with E-state index in [1.807, 2.05) is 0 Å². The van der Waals surface area contributed by atoms with Gasteiger partial charge in [-0.2, -0.15) is 5.10 Å². The Labute approximate surface area is 75.6 Å². The first-order valence-electron chi connectivity index (χ1n) is 4.28. The molecule has 2 rings (SSSR count). The van der Waals surface area contributed by atoms with Crippen LogP contribution >= 0.6 is 0 Å². The van der Waals surface area contributed by atoms with Crippen LogP contribution in [0.15, 0.2) is 12.3 Å². The van der Waals surface area contributed by atoms with E-state index in [0.29, 0.717) is 19.6 Å². The number of hydrogen-bond donors (Lipinski definition) is 1. The third-order valence-corrected chi connectivity index (χ3v) is 1.93. The minimum absolute atomic E-state index is 0.0123. The molecule has 1 amide bonds. The van der Waals surface area contributed by atoms with Crippen molar-refractivity contribution in [1.29, 1.82) is 0 Å². The molecule has 1 fully saturated rings. The highest BCUT2D eigenvalue weighted by Gasteiger charge is 2.19. The van der Waals surface area contributed by atoms with Crippen molar-refractivity contribution in [3.8, 4) is 0 Å². The molecule has 5 nitrogen and oxygen atoms in total. The van der Waals surface area contributed by atoms with Crippen molar-refractivity contribution in [2.45, 2.75) is 12.8 Å². The van der Waals surface area contributed by atoms with E-state index in [-0.39, 0.29) is 5.91 Å². The number of carbonyl (C=O) groups excluding carboxylic acids is 1. The number of aromatic nitrogens is 2. The molecule has 0 saturated carbocycles. The summed E-state index contributed by atoms with van der Waals surface area (Å²) >= 11 is 0. The fourth-order valence-corrected chi connectivity index (χ4v) is 1.28. The number of H-pyrrole nitrogens is 1. The second-order valence-corrected chi connectivity index (χ2v) is 2.94. The minimum Gasteiger partial charge on any atom is -0.282 e. The smallest absolute Gasteiger partial charge is 0.252 e. The van der Waals surface area contributed by atoms with Gasteiger partial charge in [0.25, 0.3) is 5.91 Å². The molecule has 1 aliphatic heterocycles. The molecule has 1 saturated heterocycles. The quantitative estimate of drug-likeness (QED) is 0.704. The van der Waals surface area contributed by atoms with Gasteiger partial charge in [0.15, 0.2) is 0 Å². The van der Waals surface area contributed by atoms with Gasteiger partial charge < -0.3 is 0 Å². The molecule has 0 spiro atoms. The van der Waals surface area contributed by atoms with Crippen molar-refractivity contribution >= 4 is 5.91 Å². The predicted molar refractivity (Wildman–Crippen MR) is 44.6 cm³/mol. The zero-order valence-corrected chi connectivity index (χ0v) is 7.19. The second kappa shape index (κ2) is 3.57. The summed E-state index contributed by atoms with van der Waals surface area (Å²) in [6.45, 7) is 1.35. The van der Waals surface area contributed by atoms with Gasteiger partial charge in [0, 0.05) is 11.9 Å². The Morgan fingerprint density at radius 3 is 3.31 bits per heavy atom. The Balaban J connectivity index is 1.91. The van der Waals surface area contributed by atoms with Crippen molar-refractivity contribution in [1.82, 2.24) is 15.3 Å². The number of nitrogens with one attached hydrogen (secondary N) is 1. The maximum Gasteiger partial charge on any atom is 0.252 e. The molecule has 1 N–H and O–H groups in total. The number of carbonyl (C=O) groups is 1. The van der Waals surface area contributed by atoms with Crippen LogP contribution in [-0.4, -0.2) is 34.3 Å². The molecule has 1 aliphatic rings. The van der Waals surface area contributed by atoms with Crippen LogP contribution in [0, 0.1) is 0 Å². The molecular formula is C8H11N3O2. The summed E-state index contributed by atoms with van der Waals surface area (Å²) in [6.07, 6.45) is 2.89. The molecule has 0 atom stereocenters. The van der Waals surface area contributed by atoms with Crippen LogP contribution < -0.4 is 0 Å². The van der Waals surface area contributed by atoms with E-state index in [1.54, 1.807) is 12.3 Å². The van der Waals surface area contributed by atoms with Crippen LogP contribution in [0.1, 0.15) is 12.1 Å². The van der Waals surface area contributed by atoms with Gasteiger partial charge in [0.1, 0.15) is 0 Å². The van der Waals surface area contributed by atoms with Crippen LogP contribution in [0.25, 0.3) is 0 Å². The van der Waals surface area contributed by atoms with Gasteiger partial charge >= 0.3 is 0 Å². The summed E-state index contributed by atoms with van der Waals surface area (Å²) in [5.41, 5.74) is 0.820. The number of hydroxylamine groups is 2. The third kappa shape index (κ3) is 1.86. The van der Waals surface area contributed by atoms with E-state index in [4.69, 9.17) is 4.84 Å². The molecule has 0 bridgehead atoms. The highest BCUT2D eigenvalue weighted by Crippen LogP contribution is 2.06. The minimum atomic E-state index is -0.0123. The SMILES string of the molecule is O=C(Cc1ccn[nH]1)N1CCCO1. The summed E-state index contributed by atoms with van der Waals surface area (Å²) in [5.74, 6) is -0.0123. The van der Waals surface area contributed by atoms with Gasteiger partial charge in [-0.05, 0) is 12.5 Å². The largest absolute Gasteiger partial charge is 0.282 e. The van der Waals surface area contributed by atoms with Crippen molar-refractivity contribution < 1.29 is 9.63 Å². The predicted octanol–water partition coefficient (Wildman–Crippen LogP) is 0.116. The first kappa shape index (κ1) is 8.25. The zero-order valence-electron chi connectivity index (χ0n) is 7.19. The van der Waals surface area contributed by atoms with Crippen molar-refractivity contribution in [2.75, 3.05) is 13.2 Å². The zero-order chi connectivity index (χ0) is 9.10. The summed E-state index contributed by atoms with van der Waals surface area (Å²) in [5, 5.41) is 7.92. The summed E-state index contributed by atoms with van der Waals surface area (Å²) in [7, 11) is 0. The summed E-state index contributed by atoms with van der Waals surface area (Å²) < 4.78 is 0. The lowest BCUT2D eigenvalue weighted by Gasteiger charge is -2.12. The van der Waals surface area contributed by atoms with E-state index < -0.39 is 0 Å². The van der Waals surface area contributed by atoms with Crippen LogP contribution in [0.2, 0.25) is 0 Å². The lowest BCUT2D eigenvalue weighted by atomic mass is 10.3. The molecule has 0 aromatic carbocycles. The normalized spacial score (nSPS) is 16.5. The lowest BCUT2D eigenvalue weighted by Crippen LogP contribution is -2.28. The van der Waals surface area contributed by atoms with Gasteiger partial charge in [-0.3, -0.25) is 14.7 Å². The Hall–Kier alpha value is -1.36. The number of amides is 1. The molecule has 13 heavy (non-hydrogen) atoms. The number of hydrogen-bond acceptors (Lipinski definition) is 3. The van der Waals surface area contributed by atoms with Gasteiger partial charge in [0.05, 0.1) is 19.6 Å². The van der Waals surface area contributed by atoms with Gasteiger partial charge in [-0.15, -0.1) is 0 Å². The van der Waals surface area contributed by atoms with E-state index in [1.165, 1.54) is 5.06 Å². The van der Waals surface area contributed by atoms with E-state index in [0.717, 1.165) is 12.1 Å². The summed E-state index contributed by atoms with van der Waals surface area (Å²) in [4.78, 5) is 16.6. The Bertz CT molecular complexity index is 278. The van der Waals surface area contributed by atoms with Gasteiger partial charge in [-0.1, -0.05) is 0 Å². The average molecular weight is 181 g/mol. The Morgan fingerprint density at radius 2 is 2.69 bits per heavy atom. The molecule has 70 valence electrons. The van der Waals surface area contributed by atoms with Crippen molar-refractivity contribution in [3.05, 3.63) is 18.0 Å². The molecule has 0 radical (unpaired) electrons. The molecule has 0 aliphatic carbocycles. The fraction of sp³-hybridized carbons (Fsp3) is 0.500. The maximum absolute atomic E-state index is 11.5. The fourth-order valence-electron chi connectivity index (χ4n) is 1.28. The molecule has 5 heteroatoms. The van der Waals surface area contributed by atoms with Gasteiger partial charge in [-0.25, -0.2) is 5.06 Å². The highest BCUT2D eigenvalue weighted by molar-refractivity contribution is 5.77. The monoisotopic (exact) mass is 181 g/mol. The lowest BCUT2D eigenvalue weighted by molar-refractivity contribution is -0.167. The topological polar surface area (TPSA) is 58.2 Å². The molecule has 2 heterocycles. The standard InChI is InChI=1S/C8H11N3O2/c12-8(11-4-1-5-13-11)6-7-2-3-9-10-7/h2-3H,1,4-6H2,(H,9,10). The van der Waals surface area contributed by atoms with E-state index in [9.17, 15) is 4.79 Å². The number of aromatic amines is 1. The molecule has 1 aromatic heterocycles. The molecule has 1 aromatic rings. The van der Waals surface area contributed by atoms with Crippen LogP contribution in [0.3, 0.4) is 0 Å². The Morgan fingerprint density at radius 1 is 1.77 bits per heavy atom. The van der Waals surface area contributed by atoms with Crippen LogP contribution in [0.4, 0.5) is 0 Å². The van der Waals surface area contributed by atoms with Crippen molar-refractivity contribution in [3.63, 3.8) is 0 Å². The average Bonchev–Trinajstić information content (AvgIpc) is 2.74. The third-order valence-electron chi connectivity index (χ3n) is 1.93. The number of nitrogens with zero attached hydrogens (tertiary/aromatic N) is 2. The second-order valence-electron chi connectivity index (χ2n) is 2.94. The van der Waals surface area contributed by atoms with Crippen molar-refractivity contribution in [2.24, 2.45) is 0 Å². The maximum atomic E-state index is 11.5. The van der Waals surface area contributed by atoms with Gasteiger partial charge in [0.2, 0.25) is 0 Å². The molecule has 0 unspecified atom stereocenters. The highest BCUT2D eigenvalue weighted by atomic mass is 16.7. The van der Waals surface area contributed by atoms with Crippen LogP contribution in [0.5, 0.6) is 0 Å². The summed E-state index contributed by atoms with van der Waals surface area (Å²) in [6, 6.07) is 1.79. The Kier molecular flexibility index (Phi) is 2.27. The van der Waals surface area contributed by atoms with Crippen LogP contribution in [-0.2, 0) is 16.1 Å². The molecular weight excluding hydrogens is 170 g/mol. The first-order chi connectivity index (χ1) is 6.36.